The summed E-state index contributed by atoms with van der Waals surface area (Å²) in [5.74, 6) is 1.65. The molecule has 0 aromatic carbocycles. The van der Waals surface area contributed by atoms with E-state index in [0.29, 0.717) is 12.0 Å². The molecule has 0 saturated heterocycles. The maximum Gasteiger partial charge on any atom is 0.187 e. The Balaban J connectivity index is 1.80. The Kier molecular flexibility index (Phi) is 4.80. The van der Waals surface area contributed by atoms with Crippen LogP contribution in [0.1, 0.15) is 37.8 Å². The Hall–Kier alpha value is -0.610. The van der Waals surface area contributed by atoms with Crippen molar-refractivity contribution in [2.45, 2.75) is 50.2 Å². The Morgan fingerprint density at radius 3 is 2.88 bits per heavy atom. The molecular formula is C13H21N3S. The molecule has 0 radical (unpaired) electrons. The van der Waals surface area contributed by atoms with Crippen LogP contribution in [0.4, 0.5) is 0 Å². The molecular weight excluding hydrogens is 230 g/mol. The number of hydrogen-bond acceptors (Lipinski definition) is 4. The monoisotopic (exact) mass is 251 g/mol. The van der Waals surface area contributed by atoms with Gasteiger partial charge in [0.1, 0.15) is 0 Å². The molecule has 0 spiro atoms. The highest BCUT2D eigenvalue weighted by Crippen LogP contribution is 2.27. The van der Waals surface area contributed by atoms with Crippen molar-refractivity contribution in [2.24, 2.45) is 11.7 Å². The molecule has 0 amide bonds. The molecule has 94 valence electrons. The number of nitrogens with zero attached hydrogens (tertiary/aromatic N) is 2. The van der Waals surface area contributed by atoms with E-state index in [9.17, 15) is 0 Å². The zero-order valence-corrected chi connectivity index (χ0v) is 11.2. The molecule has 1 atom stereocenters. The summed E-state index contributed by atoms with van der Waals surface area (Å²) in [7, 11) is 0. The molecule has 1 aromatic rings. The van der Waals surface area contributed by atoms with Crippen molar-refractivity contribution in [3.63, 3.8) is 0 Å². The number of thioether (sulfide) groups is 1. The molecule has 4 heteroatoms. The average molecular weight is 251 g/mol. The number of aromatic nitrogens is 2. The average Bonchev–Trinajstić information content (AvgIpc) is 2.37. The quantitative estimate of drug-likeness (QED) is 0.660. The fraction of sp³-hybridized carbons (Fsp3) is 0.692. The van der Waals surface area contributed by atoms with E-state index in [0.717, 1.165) is 16.6 Å². The van der Waals surface area contributed by atoms with E-state index in [1.807, 2.05) is 19.2 Å². The molecule has 2 rings (SSSR count). The van der Waals surface area contributed by atoms with Crippen LogP contribution in [0.2, 0.25) is 0 Å². The first-order chi connectivity index (χ1) is 8.25. The topological polar surface area (TPSA) is 51.8 Å². The van der Waals surface area contributed by atoms with Gasteiger partial charge in [0.05, 0.1) is 0 Å². The SMILES string of the molecule is Cc1ccnc(SCC(N)C2CCCCC2)n1. The van der Waals surface area contributed by atoms with Gasteiger partial charge in [-0.25, -0.2) is 9.97 Å². The molecule has 17 heavy (non-hydrogen) atoms. The minimum Gasteiger partial charge on any atom is -0.327 e. The van der Waals surface area contributed by atoms with Crippen LogP contribution in [-0.2, 0) is 0 Å². The van der Waals surface area contributed by atoms with E-state index >= 15 is 0 Å². The van der Waals surface area contributed by atoms with Crippen molar-refractivity contribution in [1.29, 1.82) is 0 Å². The van der Waals surface area contributed by atoms with Crippen molar-refractivity contribution in [3.8, 4) is 0 Å². The summed E-state index contributed by atoms with van der Waals surface area (Å²) in [6, 6.07) is 2.22. The van der Waals surface area contributed by atoms with Gasteiger partial charge in [0, 0.05) is 23.7 Å². The van der Waals surface area contributed by atoms with Crippen molar-refractivity contribution in [1.82, 2.24) is 9.97 Å². The van der Waals surface area contributed by atoms with Gasteiger partial charge in [0.25, 0.3) is 0 Å². The van der Waals surface area contributed by atoms with Crippen molar-refractivity contribution in [2.75, 3.05) is 5.75 Å². The van der Waals surface area contributed by atoms with E-state index in [4.69, 9.17) is 5.73 Å². The van der Waals surface area contributed by atoms with Crippen LogP contribution in [0.5, 0.6) is 0 Å². The Bertz CT molecular complexity index is 350. The molecule has 1 aliphatic rings. The van der Waals surface area contributed by atoms with Crippen molar-refractivity contribution < 1.29 is 0 Å². The standard InChI is InChI=1S/C13H21N3S/c1-10-7-8-15-13(16-10)17-9-12(14)11-5-3-2-4-6-11/h7-8,11-12H,2-6,9,14H2,1H3. The van der Waals surface area contributed by atoms with Crippen molar-refractivity contribution in [3.05, 3.63) is 18.0 Å². The predicted octanol–water partition coefficient (Wildman–Crippen LogP) is 2.78. The van der Waals surface area contributed by atoms with Gasteiger partial charge in [-0.05, 0) is 31.7 Å². The Labute approximate surface area is 108 Å². The summed E-state index contributed by atoms with van der Waals surface area (Å²) in [4.78, 5) is 8.64. The smallest absolute Gasteiger partial charge is 0.187 e. The van der Waals surface area contributed by atoms with Crippen molar-refractivity contribution >= 4 is 11.8 Å². The Morgan fingerprint density at radius 1 is 1.41 bits per heavy atom. The van der Waals surface area contributed by atoms with Crippen LogP contribution >= 0.6 is 11.8 Å². The van der Waals surface area contributed by atoms with Gasteiger partial charge in [0.15, 0.2) is 5.16 Å². The van der Waals surface area contributed by atoms with E-state index < -0.39 is 0 Å². The molecule has 3 nitrogen and oxygen atoms in total. The molecule has 1 aliphatic carbocycles. The van der Waals surface area contributed by atoms with Gasteiger partial charge in [-0.3, -0.25) is 0 Å². The van der Waals surface area contributed by atoms with Gasteiger partial charge in [-0.1, -0.05) is 31.0 Å². The normalized spacial score (nSPS) is 19.2. The summed E-state index contributed by atoms with van der Waals surface area (Å²) in [5, 5.41) is 0.858. The zero-order chi connectivity index (χ0) is 12.1. The fourth-order valence-electron chi connectivity index (χ4n) is 2.36. The molecule has 1 heterocycles. The second-order valence-electron chi connectivity index (χ2n) is 4.85. The van der Waals surface area contributed by atoms with E-state index in [2.05, 4.69) is 9.97 Å². The van der Waals surface area contributed by atoms with Crippen LogP contribution in [0, 0.1) is 12.8 Å². The summed E-state index contributed by atoms with van der Waals surface area (Å²) >= 11 is 1.69. The van der Waals surface area contributed by atoms with E-state index in [1.54, 1.807) is 11.8 Å². The summed E-state index contributed by atoms with van der Waals surface area (Å²) in [6.45, 7) is 1.99. The second kappa shape index (κ2) is 6.36. The van der Waals surface area contributed by atoms with Crippen LogP contribution < -0.4 is 5.73 Å². The molecule has 1 saturated carbocycles. The van der Waals surface area contributed by atoms with E-state index in [-0.39, 0.29) is 0 Å². The summed E-state index contributed by atoms with van der Waals surface area (Å²) in [5.41, 5.74) is 7.28. The molecule has 0 aliphatic heterocycles. The summed E-state index contributed by atoms with van der Waals surface area (Å²) < 4.78 is 0. The number of rotatable bonds is 4. The highest BCUT2D eigenvalue weighted by molar-refractivity contribution is 7.99. The third kappa shape index (κ3) is 3.96. The highest BCUT2D eigenvalue weighted by Gasteiger charge is 2.20. The minimum absolute atomic E-state index is 0.296. The zero-order valence-electron chi connectivity index (χ0n) is 10.4. The lowest BCUT2D eigenvalue weighted by Crippen LogP contribution is -2.33. The molecule has 2 N–H and O–H groups in total. The molecule has 1 unspecified atom stereocenters. The molecule has 1 aromatic heterocycles. The fourth-order valence-corrected chi connectivity index (χ4v) is 3.32. The summed E-state index contributed by atoms with van der Waals surface area (Å²) in [6.07, 6.45) is 8.51. The first-order valence-corrected chi connectivity index (χ1v) is 7.42. The van der Waals surface area contributed by atoms with Crippen LogP contribution in [-0.4, -0.2) is 21.8 Å². The van der Waals surface area contributed by atoms with Gasteiger partial charge in [-0.2, -0.15) is 0 Å². The lowest BCUT2D eigenvalue weighted by atomic mass is 9.85. The largest absolute Gasteiger partial charge is 0.327 e. The molecule has 0 bridgehead atoms. The maximum absolute atomic E-state index is 6.26. The lowest BCUT2D eigenvalue weighted by Gasteiger charge is -2.26. The highest BCUT2D eigenvalue weighted by atomic mass is 32.2. The van der Waals surface area contributed by atoms with Crippen LogP contribution in [0.3, 0.4) is 0 Å². The van der Waals surface area contributed by atoms with Gasteiger partial charge < -0.3 is 5.73 Å². The van der Waals surface area contributed by atoms with Crippen LogP contribution in [0.15, 0.2) is 17.4 Å². The van der Waals surface area contributed by atoms with Gasteiger partial charge in [0.2, 0.25) is 0 Å². The third-order valence-electron chi connectivity index (χ3n) is 3.43. The van der Waals surface area contributed by atoms with E-state index in [1.165, 1.54) is 32.1 Å². The van der Waals surface area contributed by atoms with Gasteiger partial charge >= 0.3 is 0 Å². The Morgan fingerprint density at radius 2 is 2.18 bits per heavy atom. The third-order valence-corrected chi connectivity index (χ3v) is 4.44. The predicted molar refractivity (Wildman–Crippen MR) is 72.0 cm³/mol. The maximum atomic E-state index is 6.26. The van der Waals surface area contributed by atoms with Gasteiger partial charge in [-0.15, -0.1) is 0 Å². The van der Waals surface area contributed by atoms with Crippen LogP contribution in [0.25, 0.3) is 0 Å². The number of hydrogen-bond donors (Lipinski definition) is 1. The molecule has 1 fully saturated rings. The first kappa shape index (κ1) is 12.8. The number of aryl methyl sites for hydroxylation is 1. The second-order valence-corrected chi connectivity index (χ2v) is 5.84. The minimum atomic E-state index is 0.296. The number of nitrogens with two attached hydrogens (primary N) is 1. The lowest BCUT2D eigenvalue weighted by molar-refractivity contribution is 0.319. The first-order valence-electron chi connectivity index (χ1n) is 6.44.